The van der Waals surface area contributed by atoms with E-state index in [4.69, 9.17) is 9.26 Å². The molecule has 3 rings (SSSR count). The van der Waals surface area contributed by atoms with Crippen LogP contribution in [0.5, 0.6) is 0 Å². The van der Waals surface area contributed by atoms with Crippen LogP contribution in [0, 0.1) is 18.3 Å². The molecule has 0 spiro atoms. The van der Waals surface area contributed by atoms with Crippen LogP contribution in [0.4, 0.5) is 0 Å². The van der Waals surface area contributed by atoms with Gasteiger partial charge >= 0.3 is 5.97 Å². The van der Waals surface area contributed by atoms with E-state index >= 15 is 0 Å². The molecule has 7 heteroatoms. The second-order valence-electron chi connectivity index (χ2n) is 5.38. The highest BCUT2D eigenvalue weighted by atomic mass is 32.2. The molecule has 1 aliphatic rings. The number of nitrogens with zero attached hydrogens (tertiary/aromatic N) is 3. The molecule has 0 saturated heterocycles. The topological polar surface area (TPSA) is 89.0 Å². The number of carbonyl (C=O) groups excluding carboxylic acids is 1. The van der Waals surface area contributed by atoms with Crippen molar-refractivity contribution in [1.82, 2.24) is 10.1 Å². The third-order valence-corrected chi connectivity index (χ3v) is 4.23. The van der Waals surface area contributed by atoms with E-state index < -0.39 is 5.97 Å². The van der Waals surface area contributed by atoms with Gasteiger partial charge in [-0.1, -0.05) is 5.16 Å². The quantitative estimate of drug-likeness (QED) is 0.614. The molecule has 1 fully saturated rings. The summed E-state index contributed by atoms with van der Waals surface area (Å²) in [6, 6.07) is 5.45. The van der Waals surface area contributed by atoms with Gasteiger partial charge in [-0.15, -0.1) is 11.8 Å². The predicted octanol–water partition coefficient (Wildman–Crippen LogP) is 3.21. The SMILES string of the molecule is CSc1nc(C2CC2)cc(C(=O)OCc2cc(C)no2)c1C#N. The average Bonchev–Trinajstić information content (AvgIpc) is 3.33. The Morgan fingerprint density at radius 1 is 1.52 bits per heavy atom. The number of nitriles is 1. The third-order valence-electron chi connectivity index (χ3n) is 3.55. The van der Waals surface area contributed by atoms with Crippen molar-refractivity contribution >= 4 is 17.7 Å². The molecular formula is C16H15N3O3S. The maximum Gasteiger partial charge on any atom is 0.340 e. The number of aryl methyl sites for hydroxylation is 1. The van der Waals surface area contributed by atoms with E-state index in [-0.39, 0.29) is 17.7 Å². The van der Waals surface area contributed by atoms with Crippen molar-refractivity contribution < 1.29 is 14.1 Å². The minimum absolute atomic E-state index is 0.0137. The summed E-state index contributed by atoms with van der Waals surface area (Å²) in [6.45, 7) is 1.78. The van der Waals surface area contributed by atoms with E-state index in [1.165, 1.54) is 11.8 Å². The number of rotatable bonds is 5. The monoisotopic (exact) mass is 329 g/mol. The number of ether oxygens (including phenoxy) is 1. The summed E-state index contributed by atoms with van der Waals surface area (Å²) in [7, 11) is 0. The normalized spacial score (nSPS) is 13.6. The zero-order valence-corrected chi connectivity index (χ0v) is 13.6. The minimum atomic E-state index is -0.546. The van der Waals surface area contributed by atoms with Gasteiger partial charge in [0, 0.05) is 17.7 Å². The fraction of sp³-hybridized carbons (Fsp3) is 0.375. The number of hydrogen-bond donors (Lipinski definition) is 0. The van der Waals surface area contributed by atoms with Gasteiger partial charge in [0.2, 0.25) is 0 Å². The Kier molecular flexibility index (Phi) is 4.35. The van der Waals surface area contributed by atoms with E-state index in [2.05, 4.69) is 16.2 Å². The molecule has 23 heavy (non-hydrogen) atoms. The average molecular weight is 329 g/mol. The van der Waals surface area contributed by atoms with Crippen LogP contribution in [-0.4, -0.2) is 22.4 Å². The van der Waals surface area contributed by atoms with Crippen molar-refractivity contribution in [3.8, 4) is 6.07 Å². The highest BCUT2D eigenvalue weighted by Gasteiger charge is 2.29. The Morgan fingerprint density at radius 3 is 2.87 bits per heavy atom. The molecule has 0 amide bonds. The maximum atomic E-state index is 12.4. The van der Waals surface area contributed by atoms with Crippen molar-refractivity contribution in [3.63, 3.8) is 0 Å². The number of esters is 1. The summed E-state index contributed by atoms with van der Waals surface area (Å²) in [5.41, 5.74) is 2.11. The largest absolute Gasteiger partial charge is 0.454 e. The Balaban J connectivity index is 1.86. The molecule has 2 heterocycles. The number of aromatic nitrogens is 2. The summed E-state index contributed by atoms with van der Waals surface area (Å²) in [5.74, 6) is 0.309. The van der Waals surface area contributed by atoms with E-state index in [0.717, 1.165) is 24.2 Å². The molecule has 6 nitrogen and oxygen atoms in total. The van der Waals surface area contributed by atoms with Gasteiger partial charge in [-0.2, -0.15) is 5.26 Å². The number of thioether (sulfide) groups is 1. The molecule has 0 bridgehead atoms. The number of hydrogen-bond acceptors (Lipinski definition) is 7. The summed E-state index contributed by atoms with van der Waals surface area (Å²) in [4.78, 5) is 16.9. The molecule has 1 aliphatic carbocycles. The number of carbonyl (C=O) groups is 1. The predicted molar refractivity (Wildman–Crippen MR) is 83.1 cm³/mol. The highest BCUT2D eigenvalue weighted by molar-refractivity contribution is 7.98. The van der Waals surface area contributed by atoms with E-state index in [1.807, 2.05) is 6.26 Å². The zero-order chi connectivity index (χ0) is 16.4. The standard InChI is InChI=1S/C16H15N3O3S/c1-9-5-11(22-19-9)8-21-16(20)12-6-14(10-3-4-10)18-15(23-2)13(12)7-17/h5-6,10H,3-4,8H2,1-2H3. The third kappa shape index (κ3) is 3.37. The van der Waals surface area contributed by atoms with Crippen molar-refractivity contribution in [1.29, 1.82) is 5.26 Å². The first-order valence-electron chi connectivity index (χ1n) is 7.20. The van der Waals surface area contributed by atoms with Crippen LogP contribution in [0.2, 0.25) is 0 Å². The molecule has 1 saturated carbocycles. The first-order valence-corrected chi connectivity index (χ1v) is 8.43. The molecular weight excluding hydrogens is 314 g/mol. The van der Waals surface area contributed by atoms with Crippen LogP contribution >= 0.6 is 11.8 Å². The van der Waals surface area contributed by atoms with Crippen molar-refractivity contribution in [2.45, 2.75) is 37.3 Å². The Bertz CT molecular complexity index is 790. The van der Waals surface area contributed by atoms with E-state index in [1.54, 1.807) is 19.1 Å². The fourth-order valence-corrected chi connectivity index (χ4v) is 2.80. The summed E-state index contributed by atoms with van der Waals surface area (Å²) < 4.78 is 10.3. The molecule has 0 unspecified atom stereocenters. The van der Waals surface area contributed by atoms with Crippen molar-refractivity contribution in [2.75, 3.05) is 6.26 Å². The lowest BCUT2D eigenvalue weighted by Crippen LogP contribution is -2.10. The van der Waals surface area contributed by atoms with E-state index in [9.17, 15) is 10.1 Å². The Hall–Kier alpha value is -2.33. The van der Waals surface area contributed by atoms with Crippen LogP contribution in [-0.2, 0) is 11.3 Å². The van der Waals surface area contributed by atoms with Gasteiger partial charge in [-0.05, 0) is 32.1 Å². The van der Waals surface area contributed by atoms with E-state index in [0.29, 0.717) is 16.7 Å². The first-order chi connectivity index (χ1) is 11.1. The van der Waals surface area contributed by atoms with Gasteiger partial charge in [0.25, 0.3) is 0 Å². The Labute approximate surface area is 137 Å². The highest BCUT2D eigenvalue weighted by Crippen LogP contribution is 2.40. The molecule has 2 aromatic heterocycles. The zero-order valence-electron chi connectivity index (χ0n) is 12.8. The van der Waals surface area contributed by atoms with Gasteiger partial charge in [-0.25, -0.2) is 9.78 Å². The molecule has 0 aromatic carbocycles. The smallest absolute Gasteiger partial charge is 0.340 e. The molecule has 0 radical (unpaired) electrons. The summed E-state index contributed by atoms with van der Waals surface area (Å²) in [6.07, 6.45) is 3.98. The van der Waals surface area contributed by atoms with Gasteiger partial charge in [0.15, 0.2) is 12.4 Å². The van der Waals surface area contributed by atoms with Crippen LogP contribution in [0.3, 0.4) is 0 Å². The Morgan fingerprint density at radius 2 is 2.30 bits per heavy atom. The number of pyridine rings is 1. The maximum absolute atomic E-state index is 12.4. The molecule has 118 valence electrons. The second-order valence-corrected chi connectivity index (χ2v) is 6.17. The first kappa shape index (κ1) is 15.6. The summed E-state index contributed by atoms with van der Waals surface area (Å²) >= 11 is 1.36. The van der Waals surface area contributed by atoms with Crippen LogP contribution in [0.25, 0.3) is 0 Å². The lowest BCUT2D eigenvalue weighted by Gasteiger charge is -2.09. The second kappa shape index (κ2) is 6.42. The van der Waals surface area contributed by atoms with Crippen molar-refractivity contribution in [3.05, 3.63) is 40.4 Å². The lowest BCUT2D eigenvalue weighted by molar-refractivity contribution is 0.0436. The molecule has 2 aromatic rings. The molecule has 0 atom stereocenters. The van der Waals surface area contributed by atoms with Gasteiger partial charge in [-0.3, -0.25) is 0 Å². The van der Waals surface area contributed by atoms with Crippen molar-refractivity contribution in [2.24, 2.45) is 0 Å². The fourth-order valence-electron chi connectivity index (χ4n) is 2.24. The van der Waals surface area contributed by atoms with Crippen LogP contribution < -0.4 is 0 Å². The minimum Gasteiger partial charge on any atom is -0.454 e. The van der Waals surface area contributed by atoms with Crippen LogP contribution in [0.15, 0.2) is 21.7 Å². The summed E-state index contributed by atoms with van der Waals surface area (Å²) in [5, 5.41) is 13.7. The molecule has 0 N–H and O–H groups in total. The van der Waals surface area contributed by atoms with Gasteiger partial charge in [0.1, 0.15) is 11.1 Å². The lowest BCUT2D eigenvalue weighted by atomic mass is 10.1. The van der Waals surface area contributed by atoms with Crippen LogP contribution in [0.1, 0.15) is 51.8 Å². The van der Waals surface area contributed by atoms with Gasteiger partial charge in [0.05, 0.1) is 16.8 Å². The van der Waals surface area contributed by atoms with Gasteiger partial charge < -0.3 is 9.26 Å². The molecule has 0 aliphatic heterocycles.